The van der Waals surface area contributed by atoms with Gasteiger partial charge in [0.25, 0.3) is 0 Å². The average molecular weight is 446 g/mol. The number of imidazole rings is 1. The summed E-state index contributed by atoms with van der Waals surface area (Å²) in [7, 11) is 0. The number of rotatable bonds is 6. The fourth-order valence-electron chi connectivity index (χ4n) is 3.56. The second kappa shape index (κ2) is 8.09. The van der Waals surface area contributed by atoms with Gasteiger partial charge in [-0.2, -0.15) is 5.10 Å². The molecule has 0 aliphatic heterocycles. The summed E-state index contributed by atoms with van der Waals surface area (Å²) >= 11 is 5.91. The number of aliphatic hydroxyl groups is 1. The maximum Gasteiger partial charge on any atom is 0.333 e. The van der Waals surface area contributed by atoms with Crippen molar-refractivity contribution in [1.29, 1.82) is 0 Å². The van der Waals surface area contributed by atoms with Gasteiger partial charge in [-0.3, -0.25) is 9.13 Å². The van der Waals surface area contributed by atoms with Gasteiger partial charge in [0.05, 0.1) is 18.3 Å². The molecular formula is C21H18ClF2N5O2. The first-order chi connectivity index (χ1) is 14.8. The molecule has 1 N–H and O–H groups in total. The Balaban J connectivity index is 1.80. The van der Waals surface area contributed by atoms with Crippen LogP contribution in [0.2, 0.25) is 5.02 Å². The van der Waals surface area contributed by atoms with E-state index in [2.05, 4.69) is 10.1 Å². The number of halogens is 3. The van der Waals surface area contributed by atoms with E-state index >= 15 is 0 Å². The molecule has 31 heavy (non-hydrogen) atoms. The molecule has 7 nitrogen and oxygen atoms in total. The molecule has 2 heterocycles. The van der Waals surface area contributed by atoms with Crippen LogP contribution < -0.4 is 5.69 Å². The topological polar surface area (TPSA) is 77.9 Å². The maximum absolute atomic E-state index is 14.7. The van der Waals surface area contributed by atoms with E-state index < -0.39 is 29.0 Å². The molecule has 2 aromatic heterocycles. The molecule has 2 atom stereocenters. The van der Waals surface area contributed by atoms with Gasteiger partial charge in [0.15, 0.2) is 0 Å². The van der Waals surface area contributed by atoms with E-state index in [1.54, 1.807) is 37.4 Å². The lowest BCUT2D eigenvalue weighted by Crippen LogP contribution is -2.43. The predicted octanol–water partition coefficient (Wildman–Crippen LogP) is 3.31. The van der Waals surface area contributed by atoms with Crippen LogP contribution in [-0.2, 0) is 12.1 Å². The molecule has 2 aromatic carbocycles. The third kappa shape index (κ3) is 3.89. The first-order valence-electron chi connectivity index (χ1n) is 9.35. The van der Waals surface area contributed by atoms with Crippen LogP contribution in [0, 0.1) is 11.6 Å². The molecule has 160 valence electrons. The number of nitrogens with zero attached hydrogens (tertiary/aromatic N) is 5. The van der Waals surface area contributed by atoms with Gasteiger partial charge < -0.3 is 5.11 Å². The smallest absolute Gasteiger partial charge is 0.333 e. The van der Waals surface area contributed by atoms with Crippen LogP contribution in [0.5, 0.6) is 0 Å². The lowest BCUT2D eigenvalue weighted by Gasteiger charge is -2.35. The minimum atomic E-state index is -1.94. The van der Waals surface area contributed by atoms with E-state index in [0.29, 0.717) is 16.8 Å². The molecule has 0 spiro atoms. The van der Waals surface area contributed by atoms with E-state index in [1.165, 1.54) is 38.7 Å². The maximum atomic E-state index is 14.7. The van der Waals surface area contributed by atoms with Crippen molar-refractivity contribution >= 4 is 11.6 Å². The van der Waals surface area contributed by atoms with Crippen LogP contribution in [0.3, 0.4) is 0 Å². The minimum Gasteiger partial charge on any atom is -0.381 e. The highest BCUT2D eigenvalue weighted by atomic mass is 35.5. The van der Waals surface area contributed by atoms with Crippen LogP contribution in [-0.4, -0.2) is 29.0 Å². The van der Waals surface area contributed by atoms with Crippen LogP contribution in [0.4, 0.5) is 8.78 Å². The molecule has 0 radical (unpaired) electrons. The van der Waals surface area contributed by atoms with Crippen molar-refractivity contribution in [3.05, 3.63) is 100 Å². The predicted molar refractivity (Wildman–Crippen MR) is 110 cm³/mol. The van der Waals surface area contributed by atoms with Crippen LogP contribution in [0.25, 0.3) is 5.69 Å². The monoisotopic (exact) mass is 445 g/mol. The van der Waals surface area contributed by atoms with Crippen molar-refractivity contribution in [2.45, 2.75) is 25.1 Å². The second-order valence-corrected chi connectivity index (χ2v) is 7.59. The standard InChI is InChI=1S/C21H18ClF2N5O2/c1-14(28-8-9-29(20(28)30)17-5-2-15(22)3-6-17)21(31,11-27-13-25-12-26-27)18-7-4-16(23)10-19(18)24/h2-10,12-14,31H,11H2,1H3/t14-,21-/m1/s1. The Morgan fingerprint density at radius 2 is 1.90 bits per heavy atom. The van der Waals surface area contributed by atoms with Crippen molar-refractivity contribution in [1.82, 2.24) is 23.9 Å². The van der Waals surface area contributed by atoms with Crippen LogP contribution in [0.15, 0.2) is 72.3 Å². The van der Waals surface area contributed by atoms with E-state index in [1.807, 2.05) is 0 Å². The first kappa shape index (κ1) is 21.0. The van der Waals surface area contributed by atoms with Gasteiger partial charge in [-0.05, 0) is 37.3 Å². The quantitative estimate of drug-likeness (QED) is 0.494. The van der Waals surface area contributed by atoms with Gasteiger partial charge >= 0.3 is 5.69 Å². The van der Waals surface area contributed by atoms with E-state index in [9.17, 15) is 18.7 Å². The average Bonchev–Trinajstić information content (AvgIpc) is 3.37. The summed E-state index contributed by atoms with van der Waals surface area (Å²) in [6, 6.07) is 8.63. The number of hydrogen-bond donors (Lipinski definition) is 1. The highest BCUT2D eigenvalue weighted by Crippen LogP contribution is 2.36. The highest BCUT2D eigenvalue weighted by Gasteiger charge is 2.41. The third-order valence-corrected chi connectivity index (χ3v) is 5.54. The molecule has 0 saturated carbocycles. The zero-order valence-corrected chi connectivity index (χ0v) is 17.1. The molecule has 4 aromatic rings. The summed E-state index contributed by atoms with van der Waals surface area (Å²) in [5.41, 5.74) is -1.98. The van der Waals surface area contributed by atoms with E-state index in [-0.39, 0.29) is 12.1 Å². The van der Waals surface area contributed by atoms with Crippen LogP contribution >= 0.6 is 11.6 Å². The molecule has 4 rings (SSSR count). The van der Waals surface area contributed by atoms with Crippen molar-refractivity contribution in [2.75, 3.05) is 0 Å². The highest BCUT2D eigenvalue weighted by molar-refractivity contribution is 6.30. The SMILES string of the molecule is C[C@@H](n1ccn(-c2ccc(Cl)cc2)c1=O)[C@](O)(Cn1cncn1)c1ccc(F)cc1F. The van der Waals surface area contributed by atoms with Crippen molar-refractivity contribution in [3.8, 4) is 5.69 Å². The Hall–Kier alpha value is -3.30. The fraction of sp³-hybridized carbons (Fsp3) is 0.190. The van der Waals surface area contributed by atoms with Gasteiger partial charge in [-0.1, -0.05) is 17.7 Å². The summed E-state index contributed by atoms with van der Waals surface area (Å²) in [6.45, 7) is 1.36. The minimum absolute atomic E-state index is 0.164. The summed E-state index contributed by atoms with van der Waals surface area (Å²) in [4.78, 5) is 16.9. The second-order valence-electron chi connectivity index (χ2n) is 7.15. The Morgan fingerprint density at radius 3 is 2.55 bits per heavy atom. The number of benzene rings is 2. The third-order valence-electron chi connectivity index (χ3n) is 5.28. The van der Waals surface area contributed by atoms with Crippen molar-refractivity contribution in [3.63, 3.8) is 0 Å². The fourth-order valence-corrected chi connectivity index (χ4v) is 3.68. The van der Waals surface area contributed by atoms with Gasteiger partial charge in [0.2, 0.25) is 0 Å². The van der Waals surface area contributed by atoms with E-state index in [4.69, 9.17) is 11.6 Å². The molecule has 10 heteroatoms. The Morgan fingerprint density at radius 1 is 1.16 bits per heavy atom. The molecule has 0 saturated heterocycles. The number of hydrogen-bond acceptors (Lipinski definition) is 4. The Labute approximate surface area is 180 Å². The first-order valence-corrected chi connectivity index (χ1v) is 9.73. The largest absolute Gasteiger partial charge is 0.381 e. The van der Waals surface area contributed by atoms with Gasteiger partial charge in [-0.25, -0.2) is 23.2 Å². The molecule has 0 amide bonds. The normalized spacial score (nSPS) is 14.4. The summed E-state index contributed by atoms with van der Waals surface area (Å²) < 4.78 is 32.2. The summed E-state index contributed by atoms with van der Waals surface area (Å²) in [5.74, 6) is -1.71. The molecule has 0 unspecified atom stereocenters. The van der Waals surface area contributed by atoms with Crippen LogP contribution in [0.1, 0.15) is 18.5 Å². The lowest BCUT2D eigenvalue weighted by atomic mass is 9.86. The molecule has 0 aliphatic carbocycles. The molecular weight excluding hydrogens is 428 g/mol. The van der Waals surface area contributed by atoms with Gasteiger partial charge in [0, 0.05) is 29.0 Å². The molecule has 0 fully saturated rings. The van der Waals surface area contributed by atoms with E-state index in [0.717, 1.165) is 6.07 Å². The summed E-state index contributed by atoms with van der Waals surface area (Å²) in [5, 5.41) is 16.2. The van der Waals surface area contributed by atoms with Crippen molar-refractivity contribution in [2.24, 2.45) is 0 Å². The zero-order chi connectivity index (χ0) is 22.2. The van der Waals surface area contributed by atoms with Gasteiger partial charge in [-0.15, -0.1) is 0 Å². The Bertz CT molecular complexity index is 1250. The molecule has 0 aliphatic rings. The van der Waals surface area contributed by atoms with Gasteiger partial charge in [0.1, 0.15) is 29.9 Å². The summed E-state index contributed by atoms with van der Waals surface area (Å²) in [6.07, 6.45) is 5.67. The number of aromatic nitrogens is 5. The lowest BCUT2D eigenvalue weighted by molar-refractivity contribution is -0.0342. The van der Waals surface area contributed by atoms with Crippen molar-refractivity contribution < 1.29 is 13.9 Å². The zero-order valence-electron chi connectivity index (χ0n) is 16.4. The Kier molecular flexibility index (Phi) is 5.47. The molecule has 0 bridgehead atoms.